The maximum absolute atomic E-state index is 12.6. The molecule has 166 valence electrons. The van der Waals surface area contributed by atoms with Crippen molar-refractivity contribution in [3.8, 4) is 0 Å². The fourth-order valence-electron chi connectivity index (χ4n) is 4.41. The minimum absolute atomic E-state index is 0.0150. The lowest BCUT2D eigenvalue weighted by Crippen LogP contribution is -2.31. The first kappa shape index (κ1) is 21.5. The predicted molar refractivity (Wildman–Crippen MR) is 136 cm³/mol. The van der Waals surface area contributed by atoms with Crippen molar-refractivity contribution in [2.45, 2.75) is 24.8 Å². The molecule has 0 radical (unpaired) electrons. The number of thioether (sulfide) groups is 1. The first-order valence-electron chi connectivity index (χ1n) is 11.3. The standard InChI is InChI=1S/C27H26N4OS/c32-26(19-33-27-30-24-14-8-7-13-23(24)25-16-18-29-31(25)27)28-17-15-22(20-9-3-1-4-10-20)21-11-5-2-6-12-21/h1-14,18,22,25H,15-17,19H2,(H,28,32)/t25-/m1/s1. The summed E-state index contributed by atoms with van der Waals surface area (Å²) in [4.78, 5) is 17.4. The van der Waals surface area contributed by atoms with Gasteiger partial charge in [-0.25, -0.2) is 10.0 Å². The molecule has 0 aliphatic carbocycles. The molecule has 3 aromatic rings. The van der Waals surface area contributed by atoms with Gasteiger partial charge in [0, 0.05) is 30.7 Å². The summed E-state index contributed by atoms with van der Waals surface area (Å²) >= 11 is 1.45. The van der Waals surface area contributed by atoms with Crippen molar-refractivity contribution in [2.24, 2.45) is 10.1 Å². The molecule has 0 bridgehead atoms. The van der Waals surface area contributed by atoms with Gasteiger partial charge >= 0.3 is 0 Å². The number of carbonyl (C=O) groups excluding carboxylic acids is 1. The number of fused-ring (bicyclic) bond motifs is 3. The molecule has 1 N–H and O–H groups in total. The predicted octanol–water partition coefficient (Wildman–Crippen LogP) is 5.49. The molecule has 33 heavy (non-hydrogen) atoms. The van der Waals surface area contributed by atoms with E-state index < -0.39 is 0 Å². The van der Waals surface area contributed by atoms with Crippen molar-refractivity contribution in [3.63, 3.8) is 0 Å². The number of hydrazone groups is 1. The number of amides is 1. The third kappa shape index (κ3) is 4.86. The lowest BCUT2D eigenvalue weighted by Gasteiger charge is -2.29. The quantitative estimate of drug-likeness (QED) is 0.513. The third-order valence-electron chi connectivity index (χ3n) is 6.03. The Morgan fingerprint density at radius 3 is 2.36 bits per heavy atom. The highest BCUT2D eigenvalue weighted by molar-refractivity contribution is 8.14. The Balaban J connectivity index is 1.19. The second-order valence-corrected chi connectivity index (χ2v) is 9.09. The Morgan fingerprint density at radius 2 is 1.64 bits per heavy atom. The molecule has 1 atom stereocenters. The lowest BCUT2D eigenvalue weighted by atomic mass is 9.88. The summed E-state index contributed by atoms with van der Waals surface area (Å²) in [6.45, 7) is 0.619. The van der Waals surface area contributed by atoms with Gasteiger partial charge in [-0.3, -0.25) is 4.79 Å². The van der Waals surface area contributed by atoms with E-state index in [1.807, 2.05) is 41.6 Å². The minimum Gasteiger partial charge on any atom is -0.355 e. The largest absolute Gasteiger partial charge is 0.355 e. The van der Waals surface area contributed by atoms with Gasteiger partial charge in [0.1, 0.15) is 0 Å². The molecule has 2 heterocycles. The SMILES string of the molecule is O=C(CSC1=Nc2ccccc2[C@H]2CC=NN12)NCCC(c1ccccc1)c1ccccc1. The van der Waals surface area contributed by atoms with Crippen LogP contribution in [0.25, 0.3) is 0 Å². The van der Waals surface area contributed by atoms with Gasteiger partial charge in [0.2, 0.25) is 5.91 Å². The van der Waals surface area contributed by atoms with Crippen LogP contribution in [0, 0.1) is 0 Å². The average Bonchev–Trinajstić information content (AvgIpc) is 3.37. The van der Waals surface area contributed by atoms with Gasteiger partial charge in [-0.2, -0.15) is 5.10 Å². The Hall–Kier alpha value is -3.38. The summed E-state index contributed by atoms with van der Waals surface area (Å²) in [6.07, 6.45) is 3.64. The number of rotatable bonds is 7. The highest BCUT2D eigenvalue weighted by atomic mass is 32.2. The van der Waals surface area contributed by atoms with E-state index in [1.54, 1.807) is 0 Å². The van der Waals surface area contributed by atoms with Crippen LogP contribution in [0.1, 0.15) is 41.5 Å². The number of nitrogens with one attached hydrogen (secondary N) is 1. The van der Waals surface area contributed by atoms with Crippen LogP contribution in [0.4, 0.5) is 5.69 Å². The normalized spacial score (nSPS) is 16.3. The molecule has 0 saturated carbocycles. The Labute approximate surface area is 198 Å². The zero-order valence-electron chi connectivity index (χ0n) is 18.3. The Bertz CT molecular complexity index is 1120. The van der Waals surface area contributed by atoms with Gasteiger partial charge in [-0.15, -0.1) is 0 Å². The minimum atomic E-state index is 0.0150. The molecule has 5 nitrogen and oxygen atoms in total. The van der Waals surface area contributed by atoms with Gasteiger partial charge < -0.3 is 5.32 Å². The summed E-state index contributed by atoms with van der Waals surface area (Å²) < 4.78 is 0. The first-order valence-corrected chi connectivity index (χ1v) is 12.3. The molecule has 0 spiro atoms. The Kier molecular flexibility index (Phi) is 6.53. The van der Waals surface area contributed by atoms with E-state index >= 15 is 0 Å². The first-order chi connectivity index (χ1) is 16.3. The summed E-state index contributed by atoms with van der Waals surface area (Å²) in [5, 5.41) is 10.3. The van der Waals surface area contributed by atoms with Crippen molar-refractivity contribution >= 4 is 34.7 Å². The molecule has 2 aliphatic heterocycles. The monoisotopic (exact) mass is 454 g/mol. The maximum atomic E-state index is 12.6. The summed E-state index contributed by atoms with van der Waals surface area (Å²) in [5.74, 6) is 0.585. The van der Waals surface area contributed by atoms with E-state index in [9.17, 15) is 4.79 Å². The van der Waals surface area contributed by atoms with Crippen LogP contribution >= 0.6 is 11.8 Å². The molecule has 6 heteroatoms. The van der Waals surface area contributed by atoms with E-state index in [0.717, 1.165) is 23.7 Å². The molecule has 1 amide bonds. The molecule has 0 aromatic heterocycles. The lowest BCUT2D eigenvalue weighted by molar-refractivity contribution is -0.118. The van der Waals surface area contributed by atoms with Crippen LogP contribution in [0.5, 0.6) is 0 Å². The second kappa shape index (κ2) is 10.0. The van der Waals surface area contributed by atoms with Crippen molar-refractivity contribution in [1.29, 1.82) is 0 Å². The zero-order chi connectivity index (χ0) is 22.5. The van der Waals surface area contributed by atoms with E-state index in [1.165, 1.54) is 28.5 Å². The van der Waals surface area contributed by atoms with Crippen molar-refractivity contribution in [1.82, 2.24) is 10.3 Å². The van der Waals surface area contributed by atoms with E-state index in [2.05, 4.69) is 65.0 Å². The number of hydrogen-bond acceptors (Lipinski definition) is 5. The molecule has 0 saturated heterocycles. The van der Waals surface area contributed by atoms with E-state index in [0.29, 0.717) is 12.3 Å². The third-order valence-corrected chi connectivity index (χ3v) is 6.97. The van der Waals surface area contributed by atoms with Gasteiger partial charge in [-0.1, -0.05) is 90.6 Å². The summed E-state index contributed by atoms with van der Waals surface area (Å²) in [5.41, 5.74) is 4.69. The molecular weight excluding hydrogens is 428 g/mol. The molecule has 3 aromatic carbocycles. The van der Waals surface area contributed by atoms with Gasteiger partial charge in [-0.05, 0) is 23.6 Å². The van der Waals surface area contributed by atoms with Crippen LogP contribution in [-0.2, 0) is 4.79 Å². The van der Waals surface area contributed by atoms with Gasteiger partial charge in [0.05, 0.1) is 17.5 Å². The molecule has 0 fully saturated rings. The Morgan fingerprint density at radius 1 is 0.970 bits per heavy atom. The zero-order valence-corrected chi connectivity index (χ0v) is 19.1. The summed E-state index contributed by atoms with van der Waals surface area (Å²) in [6, 6.07) is 29.3. The molecule has 5 rings (SSSR count). The van der Waals surface area contributed by atoms with Crippen LogP contribution in [0.2, 0.25) is 0 Å². The van der Waals surface area contributed by atoms with Crippen LogP contribution in [0.3, 0.4) is 0 Å². The molecule has 0 unspecified atom stereocenters. The number of benzene rings is 3. The van der Waals surface area contributed by atoms with Crippen LogP contribution < -0.4 is 5.32 Å². The highest BCUT2D eigenvalue weighted by Gasteiger charge is 2.32. The van der Waals surface area contributed by atoms with Crippen molar-refractivity contribution in [2.75, 3.05) is 12.3 Å². The number of aliphatic imine (C=N–C) groups is 1. The second-order valence-electron chi connectivity index (χ2n) is 8.15. The van der Waals surface area contributed by atoms with E-state index in [4.69, 9.17) is 4.99 Å². The number of hydrogen-bond donors (Lipinski definition) is 1. The fourth-order valence-corrected chi connectivity index (χ4v) is 5.25. The van der Waals surface area contributed by atoms with E-state index in [-0.39, 0.29) is 17.9 Å². The van der Waals surface area contributed by atoms with Crippen LogP contribution in [-0.4, -0.2) is 34.6 Å². The number of amidine groups is 1. The topological polar surface area (TPSA) is 57.1 Å². The number of carbonyl (C=O) groups is 1. The van der Waals surface area contributed by atoms with Gasteiger partial charge in [0.15, 0.2) is 5.17 Å². The highest BCUT2D eigenvalue weighted by Crippen LogP contribution is 2.40. The fraction of sp³-hybridized carbons (Fsp3) is 0.222. The maximum Gasteiger partial charge on any atom is 0.230 e. The molecular formula is C27H26N4OS. The van der Waals surface area contributed by atoms with Gasteiger partial charge in [0.25, 0.3) is 0 Å². The van der Waals surface area contributed by atoms with Crippen LogP contribution in [0.15, 0.2) is 95.0 Å². The number of nitrogens with zero attached hydrogens (tertiary/aromatic N) is 3. The smallest absolute Gasteiger partial charge is 0.230 e. The van der Waals surface area contributed by atoms with Crippen molar-refractivity contribution < 1.29 is 4.79 Å². The number of para-hydroxylation sites is 1. The summed E-state index contributed by atoms with van der Waals surface area (Å²) in [7, 11) is 0. The van der Waals surface area contributed by atoms with Crippen molar-refractivity contribution in [3.05, 3.63) is 102 Å². The average molecular weight is 455 g/mol. The molecule has 2 aliphatic rings.